The third kappa shape index (κ3) is 2.12. The van der Waals surface area contributed by atoms with Crippen LogP contribution >= 0.6 is 15.9 Å². The minimum absolute atomic E-state index is 0.00396. The summed E-state index contributed by atoms with van der Waals surface area (Å²) in [6.45, 7) is 0. The Morgan fingerprint density at radius 3 is 2.50 bits per heavy atom. The van der Waals surface area contributed by atoms with Gasteiger partial charge in [0.25, 0.3) is 0 Å². The van der Waals surface area contributed by atoms with Crippen LogP contribution in [0.15, 0.2) is 22.7 Å². The number of nitrogens with one attached hydrogen (secondary N) is 1. The maximum absolute atomic E-state index is 13.5. The average Bonchev–Trinajstić information content (AvgIpc) is 2.19. The Bertz CT molecular complexity index is 514. The van der Waals surface area contributed by atoms with E-state index >= 15 is 0 Å². The molecular weight excluding hydrogens is 305 g/mol. The van der Waals surface area contributed by atoms with Crippen LogP contribution < -0.4 is 5.32 Å². The largest absolute Gasteiger partial charge is 0.480 e. The van der Waals surface area contributed by atoms with Crippen LogP contribution in [0.25, 0.3) is 0 Å². The number of carbonyl (C=O) groups excluding carboxylic acids is 1. The van der Waals surface area contributed by atoms with Gasteiger partial charge in [-0.25, -0.2) is 4.39 Å². The molecule has 2 rings (SSSR count). The summed E-state index contributed by atoms with van der Waals surface area (Å²) < 4.78 is 14.1. The standard InChI is InChI=1S/C12H11BrFNO3/c13-7-2-3-9(8(14)6-7)15-10(16)12(11(17)18)4-1-5-12/h2-3,6H,1,4-5H2,(H,15,16)(H,17,18). The highest BCUT2D eigenvalue weighted by atomic mass is 79.9. The third-order valence-corrected chi connectivity index (χ3v) is 3.72. The van der Waals surface area contributed by atoms with Crippen molar-refractivity contribution in [3.8, 4) is 0 Å². The number of rotatable bonds is 3. The molecule has 96 valence electrons. The zero-order valence-electron chi connectivity index (χ0n) is 9.37. The smallest absolute Gasteiger partial charge is 0.319 e. The second-order valence-electron chi connectivity index (χ2n) is 4.32. The third-order valence-electron chi connectivity index (χ3n) is 3.23. The molecule has 0 atom stereocenters. The number of halogens is 2. The van der Waals surface area contributed by atoms with Crippen LogP contribution in [0.1, 0.15) is 19.3 Å². The number of benzene rings is 1. The number of hydrogen-bond acceptors (Lipinski definition) is 2. The van der Waals surface area contributed by atoms with E-state index < -0.39 is 23.1 Å². The first-order valence-electron chi connectivity index (χ1n) is 5.45. The van der Waals surface area contributed by atoms with Gasteiger partial charge in [0.15, 0.2) is 0 Å². The van der Waals surface area contributed by atoms with Crippen molar-refractivity contribution in [2.24, 2.45) is 5.41 Å². The van der Waals surface area contributed by atoms with Crippen molar-refractivity contribution in [2.75, 3.05) is 5.32 Å². The van der Waals surface area contributed by atoms with Gasteiger partial charge in [-0.1, -0.05) is 22.4 Å². The molecule has 0 unspecified atom stereocenters. The van der Waals surface area contributed by atoms with Crippen LogP contribution in [0.4, 0.5) is 10.1 Å². The van der Waals surface area contributed by atoms with Crippen LogP contribution in [0.3, 0.4) is 0 Å². The lowest BCUT2D eigenvalue weighted by Crippen LogP contribution is -2.48. The van der Waals surface area contributed by atoms with Gasteiger partial charge in [0, 0.05) is 4.47 Å². The zero-order valence-corrected chi connectivity index (χ0v) is 11.0. The van der Waals surface area contributed by atoms with E-state index in [2.05, 4.69) is 21.2 Å². The summed E-state index contributed by atoms with van der Waals surface area (Å²) in [4.78, 5) is 23.0. The summed E-state index contributed by atoms with van der Waals surface area (Å²) >= 11 is 3.10. The van der Waals surface area contributed by atoms with E-state index in [0.29, 0.717) is 23.7 Å². The first-order valence-corrected chi connectivity index (χ1v) is 6.25. The second kappa shape index (κ2) is 4.68. The molecule has 2 N–H and O–H groups in total. The molecule has 6 heteroatoms. The Kier molecular flexibility index (Phi) is 3.38. The zero-order chi connectivity index (χ0) is 13.3. The van der Waals surface area contributed by atoms with Crippen LogP contribution in [-0.2, 0) is 9.59 Å². The summed E-state index contributed by atoms with van der Waals surface area (Å²) in [7, 11) is 0. The minimum atomic E-state index is -1.39. The Labute approximate surface area is 111 Å². The molecule has 0 saturated heterocycles. The van der Waals surface area contributed by atoms with E-state index in [9.17, 15) is 14.0 Å². The lowest BCUT2D eigenvalue weighted by atomic mass is 9.68. The fourth-order valence-corrected chi connectivity index (χ4v) is 2.23. The van der Waals surface area contributed by atoms with Gasteiger partial charge in [-0.05, 0) is 31.0 Å². The van der Waals surface area contributed by atoms with Crippen molar-refractivity contribution in [3.05, 3.63) is 28.5 Å². The molecule has 1 aromatic rings. The molecule has 4 nitrogen and oxygen atoms in total. The number of hydrogen-bond donors (Lipinski definition) is 2. The van der Waals surface area contributed by atoms with Crippen molar-refractivity contribution >= 4 is 33.5 Å². The van der Waals surface area contributed by atoms with Crippen molar-refractivity contribution in [1.29, 1.82) is 0 Å². The van der Waals surface area contributed by atoms with Crippen LogP contribution in [-0.4, -0.2) is 17.0 Å². The molecule has 1 aliphatic carbocycles. The van der Waals surface area contributed by atoms with E-state index in [-0.39, 0.29) is 5.69 Å². The monoisotopic (exact) mass is 315 g/mol. The predicted octanol–water partition coefficient (Wildman–Crippen LogP) is 2.78. The van der Waals surface area contributed by atoms with Gasteiger partial charge in [-0.3, -0.25) is 9.59 Å². The number of carboxylic acids is 1. The van der Waals surface area contributed by atoms with Crippen LogP contribution in [0.2, 0.25) is 0 Å². The predicted molar refractivity (Wildman–Crippen MR) is 66.6 cm³/mol. The number of carbonyl (C=O) groups is 2. The molecule has 1 saturated carbocycles. The Morgan fingerprint density at radius 1 is 1.39 bits per heavy atom. The number of carboxylic acid groups (broad SMARTS) is 1. The van der Waals surface area contributed by atoms with Gasteiger partial charge >= 0.3 is 5.97 Å². The van der Waals surface area contributed by atoms with E-state index in [4.69, 9.17) is 5.11 Å². The molecule has 1 fully saturated rings. The van der Waals surface area contributed by atoms with Crippen molar-refractivity contribution in [3.63, 3.8) is 0 Å². The number of amides is 1. The summed E-state index contributed by atoms with van der Waals surface area (Å²) in [5, 5.41) is 11.4. The Morgan fingerprint density at radius 2 is 2.06 bits per heavy atom. The SMILES string of the molecule is O=C(O)C1(C(=O)Nc2ccc(Br)cc2F)CCC1. The molecule has 0 bridgehead atoms. The van der Waals surface area contributed by atoms with Gasteiger partial charge in [-0.2, -0.15) is 0 Å². The highest BCUT2D eigenvalue weighted by Crippen LogP contribution is 2.42. The van der Waals surface area contributed by atoms with E-state index in [1.54, 1.807) is 6.07 Å². The summed E-state index contributed by atoms with van der Waals surface area (Å²) in [5.41, 5.74) is -1.39. The highest BCUT2D eigenvalue weighted by Gasteiger charge is 2.51. The molecule has 1 aliphatic rings. The Hall–Kier alpha value is -1.43. The summed E-state index contributed by atoms with van der Waals surface area (Å²) in [6.07, 6.45) is 1.29. The maximum atomic E-state index is 13.5. The molecule has 0 radical (unpaired) electrons. The highest BCUT2D eigenvalue weighted by molar-refractivity contribution is 9.10. The maximum Gasteiger partial charge on any atom is 0.319 e. The van der Waals surface area contributed by atoms with E-state index in [0.717, 1.165) is 0 Å². The van der Waals surface area contributed by atoms with Gasteiger partial charge in [0.1, 0.15) is 11.2 Å². The van der Waals surface area contributed by atoms with Gasteiger partial charge in [-0.15, -0.1) is 0 Å². The molecule has 18 heavy (non-hydrogen) atoms. The first kappa shape index (κ1) is 13.0. The average molecular weight is 316 g/mol. The van der Waals surface area contributed by atoms with Crippen molar-refractivity contribution in [2.45, 2.75) is 19.3 Å². The fraction of sp³-hybridized carbons (Fsp3) is 0.333. The summed E-state index contributed by atoms with van der Waals surface area (Å²) in [6, 6.07) is 4.18. The van der Waals surface area contributed by atoms with Crippen molar-refractivity contribution < 1.29 is 19.1 Å². The molecule has 0 spiro atoms. The minimum Gasteiger partial charge on any atom is -0.480 e. The van der Waals surface area contributed by atoms with Gasteiger partial charge in [0.05, 0.1) is 5.69 Å². The van der Waals surface area contributed by atoms with Crippen LogP contribution in [0.5, 0.6) is 0 Å². The normalized spacial score (nSPS) is 16.8. The quantitative estimate of drug-likeness (QED) is 0.843. The van der Waals surface area contributed by atoms with Crippen LogP contribution in [0, 0.1) is 11.2 Å². The molecule has 0 aromatic heterocycles. The van der Waals surface area contributed by atoms with Gasteiger partial charge < -0.3 is 10.4 Å². The van der Waals surface area contributed by atoms with Gasteiger partial charge in [0.2, 0.25) is 5.91 Å². The lowest BCUT2D eigenvalue weighted by Gasteiger charge is -2.35. The molecular formula is C12H11BrFNO3. The number of anilines is 1. The fourth-order valence-electron chi connectivity index (χ4n) is 1.90. The van der Waals surface area contributed by atoms with Crippen molar-refractivity contribution in [1.82, 2.24) is 0 Å². The molecule has 0 heterocycles. The lowest BCUT2D eigenvalue weighted by molar-refractivity contribution is -0.159. The molecule has 0 aliphatic heterocycles. The molecule has 1 aromatic carbocycles. The second-order valence-corrected chi connectivity index (χ2v) is 5.23. The van der Waals surface area contributed by atoms with E-state index in [1.165, 1.54) is 12.1 Å². The van der Waals surface area contributed by atoms with E-state index in [1.807, 2.05) is 0 Å². The topological polar surface area (TPSA) is 66.4 Å². The Balaban J connectivity index is 2.19. The molecule has 1 amide bonds. The summed E-state index contributed by atoms with van der Waals surface area (Å²) in [5.74, 6) is -2.40. The first-order chi connectivity index (χ1) is 8.45. The number of aliphatic carboxylic acids is 1.